The van der Waals surface area contributed by atoms with E-state index in [0.717, 1.165) is 177 Å². The zero-order chi connectivity index (χ0) is 102. The van der Waals surface area contributed by atoms with Gasteiger partial charge in [-0.2, -0.15) is 0 Å². The number of aliphatic hydroxyl groups excluding tert-OH is 2. The van der Waals surface area contributed by atoms with Crippen LogP contribution in [-0.2, 0) is 71.5 Å². The van der Waals surface area contributed by atoms with E-state index in [1.807, 2.05) is 0 Å². The number of nitrogens with two attached hydrogens (primary N) is 2. The summed E-state index contributed by atoms with van der Waals surface area (Å²) in [5.41, 5.74) is 23.4. The number of imidazole rings is 2. The molecule has 18 rings (SSSR count). The second kappa shape index (κ2) is 43.5. The molecule has 10 aromatic rings. The van der Waals surface area contributed by atoms with Crippen LogP contribution >= 0.6 is 31.3 Å². The molecule has 12 heterocycles. The largest absolute Gasteiger partial charge is 0.545 e. The molecule has 0 saturated carbocycles. The number of carboxylic acid groups (broad SMARTS) is 2. The Hall–Kier alpha value is -11.7. The van der Waals surface area contributed by atoms with Crippen molar-refractivity contribution in [3.63, 3.8) is 0 Å². The lowest BCUT2D eigenvalue weighted by atomic mass is 9.85. The van der Waals surface area contributed by atoms with Gasteiger partial charge in [-0.1, -0.05) is 37.8 Å². The lowest BCUT2D eigenvalue weighted by Gasteiger charge is -2.33. The number of carbonyl (C=O) groups excluding carboxylic acids is 4. The third kappa shape index (κ3) is 22.6. The fourth-order valence-corrected chi connectivity index (χ4v) is 22.1. The molecule has 6 aromatic carbocycles. The van der Waals surface area contributed by atoms with Crippen LogP contribution in [0.3, 0.4) is 0 Å². The number of aliphatic hydroxyl groups is 2. The summed E-state index contributed by atoms with van der Waals surface area (Å²) in [6, 6.07) is 26.1. The molecule has 8 atom stereocenters. The number of unbranched alkanes of at least 4 members (excludes halogenated alkanes) is 6. The number of phosphoric ester groups is 4. The minimum Gasteiger partial charge on any atom is -0.545 e. The molecule has 46 nitrogen and oxygen atoms in total. The number of anilines is 6. The minimum absolute atomic E-state index is 0.0200. The molecule has 768 valence electrons. The first-order valence-electron chi connectivity index (χ1n) is 47.9. The quantitative estimate of drug-likeness (QED) is 0.0150. The van der Waals surface area contributed by atoms with E-state index in [0.29, 0.717) is 117 Å². The molecular formula is C94H114N18O28P4. The topological polar surface area (TPSA) is 659 Å². The highest BCUT2D eigenvalue weighted by Gasteiger charge is 2.53. The first kappa shape index (κ1) is 104. The van der Waals surface area contributed by atoms with Crippen molar-refractivity contribution in [2.24, 2.45) is 0 Å². The van der Waals surface area contributed by atoms with Gasteiger partial charge in [0.2, 0.25) is 22.6 Å². The van der Waals surface area contributed by atoms with Gasteiger partial charge in [-0.15, -0.1) is 0 Å². The molecule has 0 spiro atoms. The highest BCUT2D eigenvalue weighted by Crippen LogP contribution is 2.51. The van der Waals surface area contributed by atoms with Crippen molar-refractivity contribution < 1.29 is 134 Å². The number of carbonyl (C=O) groups is 4. The predicted molar refractivity (Wildman–Crippen MR) is 519 cm³/mol. The van der Waals surface area contributed by atoms with Crippen LogP contribution in [0.5, 0.6) is 23.0 Å². The molecule has 50 heteroatoms. The number of aryl methyl sites for hydroxylation is 4. The van der Waals surface area contributed by atoms with E-state index in [4.69, 9.17) is 39.5 Å². The van der Waals surface area contributed by atoms with Crippen LogP contribution in [0.4, 0.5) is 34.9 Å². The summed E-state index contributed by atoms with van der Waals surface area (Å²) in [6.07, 6.45) is 1.49. The number of amides is 2. The normalized spacial score (nSPS) is 19.6. The van der Waals surface area contributed by atoms with Gasteiger partial charge in [-0.05, 0) is 163 Å². The van der Waals surface area contributed by atoms with Crippen LogP contribution < -0.4 is 92.5 Å². The lowest BCUT2D eigenvalue weighted by molar-refractivity contribution is -0.256. The summed E-state index contributed by atoms with van der Waals surface area (Å²) >= 11 is 0. The monoisotopic (exact) mass is 2070 g/mol. The summed E-state index contributed by atoms with van der Waals surface area (Å²) in [6.45, 7) is 15.1. The van der Waals surface area contributed by atoms with Gasteiger partial charge in [-0.3, -0.25) is 36.8 Å². The highest BCUT2D eigenvalue weighted by atomic mass is 31.2. The highest BCUT2D eigenvalue weighted by molar-refractivity contribution is 7.47. The first-order valence-corrected chi connectivity index (χ1v) is 54.0. The van der Waals surface area contributed by atoms with Crippen molar-refractivity contribution in [2.45, 2.75) is 180 Å². The molecular weight excluding hydrogens is 1950 g/mol. The summed E-state index contributed by atoms with van der Waals surface area (Å²) in [5, 5.41) is 64.4. The number of nitrogens with zero attached hydrogens (tertiary/aromatic N) is 12. The molecule has 2 saturated heterocycles. The van der Waals surface area contributed by atoms with Crippen molar-refractivity contribution in [2.75, 3.05) is 124 Å². The van der Waals surface area contributed by atoms with Crippen molar-refractivity contribution >= 4 is 123 Å². The zero-order valence-electron chi connectivity index (χ0n) is 79.2. The summed E-state index contributed by atoms with van der Waals surface area (Å²) in [5.74, 6) is -0.925. The molecule has 8 aliphatic rings. The Morgan fingerprint density at radius 1 is 0.472 bits per heavy atom. The maximum absolute atomic E-state index is 13.8. The number of aromatic carboxylic acids is 2. The number of rotatable bonds is 38. The molecule has 0 bridgehead atoms. The number of phosphoric acid groups is 4. The van der Waals surface area contributed by atoms with Crippen LogP contribution in [-0.4, -0.2) is 241 Å². The molecule has 4 aromatic heterocycles. The molecule has 144 heavy (non-hydrogen) atoms. The standard InChI is InChI=1S/2C47H57N9O14P2/c1-3-54-17-9-11-26-19-31-35(22-33(26)54)68-36-23-34-27(12-10-18-55(34)4-2)20-32(36)38(31)30-21-28(13-14-29(30)46(59)60)44(58)49-15-7-5-6-8-16-50-47-53-39-42(48)51-25-52-43(39)56(47)45-40(57)41(70-72(64,65)66)37(69-45)24-67-71(61,62)63;1-3-54-17-9-11-26-19-31-35(22-33(26)54)68-36-23-34-27(12-10-18-55(34)4-2)20-32(36)38(31)29-14-13-28(21-30(29)46(59)60)44(58)49-15-7-5-6-8-16-50-47-53-39-42(48)51-25-52-43(39)56(47)45-40(57)41(70-72(64,65)66)37(69-45)24-67-71(61,62)63/h13-14,19-23,25,37,40-41,45,57H,3-12,15-18,24H2,1-2H3,(H8-,48,49,50,51,52,53,58,59,60,61,62,63,64,65,66);13-14,19-23,25,37,40-41,45,48-49,57H,3-12,15-18,24H2,1-2H3,(H6,58,59,60,61,62,63,64,65,66)/t2*37-,40-,41-,45-/m11/s1. The summed E-state index contributed by atoms with van der Waals surface area (Å²) in [4.78, 5) is 159. The van der Waals surface area contributed by atoms with Crippen molar-refractivity contribution in [1.29, 1.82) is 0 Å². The molecule has 18 N–H and O–H groups in total. The smallest absolute Gasteiger partial charge is 0.470 e. The third-order valence-electron chi connectivity index (χ3n) is 27.0. The third-order valence-corrected chi connectivity index (χ3v) is 29.0. The Kier molecular flexibility index (Phi) is 31.4. The fraction of sp³-hybridized carbons (Fsp3) is 0.447. The van der Waals surface area contributed by atoms with Crippen LogP contribution in [0.25, 0.3) is 33.5 Å². The number of hydrogen-bond donors (Lipinski definition) is 16. The Labute approximate surface area is 823 Å². The lowest BCUT2D eigenvalue weighted by Crippen LogP contribution is -2.39. The van der Waals surface area contributed by atoms with Gasteiger partial charge < -0.3 is 131 Å². The minimum atomic E-state index is -5.25. The van der Waals surface area contributed by atoms with Crippen molar-refractivity contribution in [3.8, 4) is 23.0 Å². The van der Waals surface area contributed by atoms with Crippen LogP contribution in [0, 0.1) is 0 Å². The molecule has 0 radical (unpaired) electrons. The molecule has 8 aliphatic heterocycles. The van der Waals surface area contributed by atoms with Gasteiger partial charge in [-0.25, -0.2) is 57.3 Å². The number of aromatic nitrogens is 8. The van der Waals surface area contributed by atoms with Crippen molar-refractivity contribution in [1.82, 2.24) is 58.8 Å². The first-order chi connectivity index (χ1) is 68.8. The number of carboxylic acids is 2. The maximum Gasteiger partial charge on any atom is 0.470 e. The summed E-state index contributed by atoms with van der Waals surface area (Å²) in [7, 11) is -20.6. The van der Waals surface area contributed by atoms with Gasteiger partial charge in [0.05, 0.1) is 37.3 Å². The van der Waals surface area contributed by atoms with E-state index in [-0.39, 0.29) is 74.0 Å². The van der Waals surface area contributed by atoms with E-state index in [1.165, 1.54) is 38.5 Å². The SMILES string of the molecule is CCN1CCCc2cc3c(cc21)Oc1cc2c(cc1=C3c1cc(C(=O)NCCCCCCNc3nc4c(N)ncnc4n3[C@@H]3O[C@H](COP(=O)(O)O)[C@@H](OP(=O)(O)O)[C@H]3O)ccc1C(=O)[O-])CCC[N+]=2CC.CCN1CCCc2cc3c(cc21)Oc1cc2c(cc1=C3c1ccc(C(=O)NCCCCCCNc3nc4c(N)ncnc4n3[C@@H]3O[C@H](COP(=O)(O)O)[C@@H](OP(=O)(O)O)[C@H]3O)cc1C(=O)[O-])CCC[N+]=2CC. The van der Waals surface area contributed by atoms with E-state index >= 15 is 0 Å². The Bertz CT molecular complexity index is 7150. The second-order valence-electron chi connectivity index (χ2n) is 36.2. The zero-order valence-corrected chi connectivity index (χ0v) is 82.8. The molecule has 2 amide bonds. The second-order valence-corrected chi connectivity index (χ2v) is 41.0. The summed E-state index contributed by atoms with van der Waals surface area (Å²) < 4.78 is 97.4. The maximum atomic E-state index is 13.8. The van der Waals surface area contributed by atoms with Gasteiger partial charge in [0.1, 0.15) is 98.5 Å². The van der Waals surface area contributed by atoms with E-state index in [2.05, 4.69) is 155 Å². The molecule has 0 unspecified atom stereocenters. The van der Waals surface area contributed by atoms with E-state index < -0.39 is 111 Å². The molecule has 0 aliphatic carbocycles. The Morgan fingerprint density at radius 3 is 1.31 bits per heavy atom. The Balaban J connectivity index is 0.000000198. The van der Waals surface area contributed by atoms with E-state index in [1.54, 1.807) is 18.2 Å². The number of ether oxygens (including phenoxy) is 4. The van der Waals surface area contributed by atoms with Crippen molar-refractivity contribution in [3.05, 3.63) is 185 Å². The Morgan fingerprint density at radius 2 is 0.889 bits per heavy atom. The van der Waals surface area contributed by atoms with Gasteiger partial charge in [0, 0.05) is 155 Å². The average molecular weight is 2070 g/mol. The predicted octanol–water partition coefficient (Wildman–Crippen LogP) is 3.21. The number of hydrogen-bond acceptors (Lipinski definition) is 32. The molecule has 2 fully saturated rings. The fourth-order valence-electron chi connectivity index (χ4n) is 20.3. The van der Waals surface area contributed by atoms with Crippen LogP contribution in [0.1, 0.15) is 203 Å². The average Bonchev–Trinajstić information content (AvgIpc) is 1.14. The number of fused-ring (bicyclic) bond motifs is 10. The van der Waals surface area contributed by atoms with Gasteiger partial charge in [0.15, 0.2) is 46.4 Å². The van der Waals surface area contributed by atoms with E-state index in [9.17, 15) is 97.0 Å². The van der Waals surface area contributed by atoms with Crippen LogP contribution in [0.2, 0.25) is 0 Å². The van der Waals surface area contributed by atoms with Gasteiger partial charge >= 0.3 is 31.3 Å². The number of nitrogens with one attached hydrogen (secondary N) is 4. The van der Waals surface area contributed by atoms with Gasteiger partial charge in [0.25, 0.3) is 11.8 Å². The number of benzene rings is 6. The number of nitrogen functional groups attached to an aromatic ring is 2. The van der Waals surface area contributed by atoms with Crippen LogP contribution in [0.15, 0.2) is 97.6 Å².